The molecule has 0 N–H and O–H groups in total. The van der Waals surface area contributed by atoms with Crippen LogP contribution in [0.5, 0.6) is 0 Å². The van der Waals surface area contributed by atoms with E-state index in [1.807, 2.05) is 0 Å². The van der Waals surface area contributed by atoms with Crippen molar-refractivity contribution >= 4 is 76.2 Å². The summed E-state index contributed by atoms with van der Waals surface area (Å²) in [4.78, 5) is 0. The van der Waals surface area contributed by atoms with Gasteiger partial charge >= 0.3 is 0 Å². The molecule has 0 saturated carbocycles. The number of rotatable bonds is 4. The Balaban J connectivity index is 1.03. The third-order valence-electron chi connectivity index (χ3n) is 11.6. The van der Waals surface area contributed by atoms with Crippen molar-refractivity contribution in [3.8, 4) is 28.2 Å². The molecule has 0 spiro atoms. The molecule has 0 radical (unpaired) electrons. The molecule has 9 aromatic carbocycles. The summed E-state index contributed by atoms with van der Waals surface area (Å²) in [5, 5.41) is 10.1. The van der Waals surface area contributed by atoms with Crippen LogP contribution in [0.15, 0.2) is 200 Å². The van der Waals surface area contributed by atoms with Crippen molar-refractivity contribution in [1.29, 1.82) is 0 Å². The summed E-state index contributed by atoms with van der Waals surface area (Å²) in [5.74, 6) is 0. The normalized spacial score (nSPS) is 12.0. The van der Waals surface area contributed by atoms with E-state index >= 15 is 0 Å². The highest BCUT2D eigenvalue weighted by molar-refractivity contribution is 6.19. The summed E-state index contributed by atoms with van der Waals surface area (Å²) in [6.45, 7) is 0. The van der Waals surface area contributed by atoms with Crippen molar-refractivity contribution in [2.45, 2.75) is 0 Å². The average Bonchev–Trinajstić information content (AvgIpc) is 3.88. The van der Waals surface area contributed by atoms with Crippen LogP contribution in [0.4, 0.5) is 0 Å². The summed E-state index contributed by atoms with van der Waals surface area (Å²) >= 11 is 0. The highest BCUT2D eigenvalue weighted by Crippen LogP contribution is 2.40. The van der Waals surface area contributed by atoms with Gasteiger partial charge in [0.2, 0.25) is 0 Å². The van der Waals surface area contributed by atoms with Crippen molar-refractivity contribution in [1.82, 2.24) is 13.7 Å². The van der Waals surface area contributed by atoms with Crippen LogP contribution in [0.25, 0.3) is 104 Å². The zero-order chi connectivity index (χ0) is 36.0. The Morgan fingerprint density at radius 3 is 1.33 bits per heavy atom. The smallest absolute Gasteiger partial charge is 0.0562 e. The molecule has 0 aliphatic carbocycles. The Kier molecular flexibility index (Phi) is 6.34. The van der Waals surface area contributed by atoms with Crippen molar-refractivity contribution in [2.75, 3.05) is 0 Å². The fraction of sp³-hybridized carbons (Fsp3) is 0. The van der Waals surface area contributed by atoms with Gasteiger partial charge in [-0.3, -0.25) is 0 Å². The van der Waals surface area contributed by atoms with Crippen LogP contribution in [0.2, 0.25) is 0 Å². The summed E-state index contributed by atoms with van der Waals surface area (Å²) in [7, 11) is 0. The highest BCUT2D eigenvalue weighted by Gasteiger charge is 2.19. The lowest BCUT2D eigenvalue weighted by Gasteiger charge is -2.12. The maximum absolute atomic E-state index is 2.43. The molecule has 256 valence electrons. The Bertz CT molecular complexity index is 3470. The Morgan fingerprint density at radius 1 is 0.218 bits per heavy atom. The van der Waals surface area contributed by atoms with E-state index in [1.54, 1.807) is 0 Å². The minimum atomic E-state index is 1.14. The Labute approximate surface area is 317 Å². The molecule has 0 amide bonds. The minimum Gasteiger partial charge on any atom is -0.309 e. The second-order valence-corrected chi connectivity index (χ2v) is 14.6. The molecule has 0 saturated heterocycles. The Hall–Kier alpha value is -7.36. The van der Waals surface area contributed by atoms with E-state index in [0.29, 0.717) is 0 Å². The summed E-state index contributed by atoms with van der Waals surface area (Å²) in [6, 6.07) is 73.3. The van der Waals surface area contributed by atoms with E-state index < -0.39 is 0 Å². The summed E-state index contributed by atoms with van der Waals surface area (Å²) in [6.07, 6.45) is 0. The van der Waals surface area contributed by atoms with Gasteiger partial charge in [0.25, 0.3) is 0 Å². The van der Waals surface area contributed by atoms with Gasteiger partial charge in [-0.25, -0.2) is 0 Å². The molecule has 0 aliphatic rings. The molecule has 12 rings (SSSR count). The maximum Gasteiger partial charge on any atom is 0.0562 e. The summed E-state index contributed by atoms with van der Waals surface area (Å²) < 4.78 is 7.26. The molecule has 3 heteroatoms. The SMILES string of the molecule is c1ccc(-n2c3ccccc3c3cc4c5ccccc5n(-c5ccc(-c6ccc7c8ccccc8n(-c8ccc9ccccc9c8)c7c6)cc5)c4cc32)cc1. The third kappa shape index (κ3) is 4.44. The van der Waals surface area contributed by atoms with Crippen molar-refractivity contribution in [2.24, 2.45) is 0 Å². The fourth-order valence-corrected chi connectivity index (χ4v) is 9.11. The zero-order valence-electron chi connectivity index (χ0n) is 29.9. The van der Waals surface area contributed by atoms with Crippen LogP contribution >= 0.6 is 0 Å². The first-order chi connectivity index (χ1) is 27.3. The lowest BCUT2D eigenvalue weighted by Crippen LogP contribution is -1.96. The van der Waals surface area contributed by atoms with E-state index in [0.717, 1.165) is 11.4 Å². The van der Waals surface area contributed by atoms with Gasteiger partial charge in [-0.15, -0.1) is 0 Å². The first-order valence-corrected chi connectivity index (χ1v) is 18.9. The fourth-order valence-electron chi connectivity index (χ4n) is 9.11. The van der Waals surface area contributed by atoms with Crippen LogP contribution in [0.1, 0.15) is 0 Å². The molecule has 0 fully saturated rings. The van der Waals surface area contributed by atoms with E-state index in [1.165, 1.54) is 93.0 Å². The van der Waals surface area contributed by atoms with E-state index in [9.17, 15) is 0 Å². The topological polar surface area (TPSA) is 14.8 Å². The monoisotopic (exact) mass is 699 g/mol. The molecule has 0 atom stereocenters. The highest BCUT2D eigenvalue weighted by atomic mass is 15.0. The number of hydrogen-bond acceptors (Lipinski definition) is 0. The van der Waals surface area contributed by atoms with Gasteiger partial charge in [0.1, 0.15) is 0 Å². The largest absolute Gasteiger partial charge is 0.309 e. The maximum atomic E-state index is 2.43. The predicted octanol–water partition coefficient (Wildman–Crippen LogP) is 13.8. The third-order valence-corrected chi connectivity index (χ3v) is 11.6. The molecule has 0 bridgehead atoms. The van der Waals surface area contributed by atoms with E-state index in [4.69, 9.17) is 0 Å². The van der Waals surface area contributed by atoms with Crippen LogP contribution in [-0.4, -0.2) is 13.7 Å². The van der Waals surface area contributed by atoms with Crippen LogP contribution < -0.4 is 0 Å². The standard InChI is InChI=1S/C52H33N3/c1-2-14-38(15-3-1)53-48-20-10-7-17-42(48)45-32-46-43-18-8-11-21-49(43)54(52(46)33-51(45)53)39-26-22-35(23-27-39)37-25-29-44-41-16-6-9-19-47(41)55(50(44)31-37)40-28-24-34-12-4-5-13-36(34)30-40/h1-33H. The van der Waals surface area contributed by atoms with Gasteiger partial charge in [-0.2, -0.15) is 0 Å². The average molecular weight is 700 g/mol. The quantitative estimate of drug-likeness (QED) is 0.174. The number of hydrogen-bond donors (Lipinski definition) is 0. The molecule has 0 unspecified atom stereocenters. The van der Waals surface area contributed by atoms with Gasteiger partial charge in [0.15, 0.2) is 0 Å². The zero-order valence-corrected chi connectivity index (χ0v) is 29.9. The van der Waals surface area contributed by atoms with Crippen LogP contribution in [-0.2, 0) is 0 Å². The minimum absolute atomic E-state index is 1.14. The predicted molar refractivity (Wildman–Crippen MR) is 232 cm³/mol. The van der Waals surface area contributed by atoms with E-state index in [-0.39, 0.29) is 0 Å². The lowest BCUT2D eigenvalue weighted by molar-refractivity contribution is 1.16. The number of para-hydroxylation sites is 4. The van der Waals surface area contributed by atoms with Crippen LogP contribution in [0.3, 0.4) is 0 Å². The second kappa shape index (κ2) is 11.6. The number of aromatic nitrogens is 3. The molecule has 12 aromatic rings. The number of benzene rings is 9. The van der Waals surface area contributed by atoms with E-state index in [2.05, 4.69) is 214 Å². The van der Waals surface area contributed by atoms with Gasteiger partial charge < -0.3 is 13.7 Å². The molecular weight excluding hydrogens is 667 g/mol. The molecule has 55 heavy (non-hydrogen) atoms. The second-order valence-electron chi connectivity index (χ2n) is 14.6. The van der Waals surface area contributed by atoms with Crippen molar-refractivity contribution in [3.05, 3.63) is 200 Å². The Morgan fingerprint density at radius 2 is 0.673 bits per heavy atom. The molecule has 0 aliphatic heterocycles. The first-order valence-electron chi connectivity index (χ1n) is 18.9. The van der Waals surface area contributed by atoms with Crippen molar-refractivity contribution in [3.63, 3.8) is 0 Å². The molecule has 3 heterocycles. The lowest BCUT2D eigenvalue weighted by atomic mass is 10.0. The number of nitrogens with zero attached hydrogens (tertiary/aromatic N) is 3. The molecule has 3 nitrogen and oxygen atoms in total. The first kappa shape index (κ1) is 30.1. The van der Waals surface area contributed by atoms with Gasteiger partial charge in [0.05, 0.1) is 33.1 Å². The molecule has 3 aromatic heterocycles. The van der Waals surface area contributed by atoms with Crippen molar-refractivity contribution < 1.29 is 0 Å². The van der Waals surface area contributed by atoms with Gasteiger partial charge in [-0.1, -0.05) is 127 Å². The molecular formula is C52H33N3. The summed E-state index contributed by atoms with van der Waals surface area (Å²) in [5.41, 5.74) is 13.1. The van der Waals surface area contributed by atoms with Gasteiger partial charge in [0, 0.05) is 49.4 Å². The van der Waals surface area contributed by atoms with Crippen LogP contribution in [0, 0.1) is 0 Å². The number of fused-ring (bicyclic) bond motifs is 10. The van der Waals surface area contributed by atoms with Gasteiger partial charge in [-0.05, 0) is 94.7 Å².